The molecule has 0 aromatic carbocycles. The number of rotatable bonds is 22. The second kappa shape index (κ2) is 21.4. The Hall–Kier alpha value is -0.860. The van der Waals surface area contributed by atoms with Crippen molar-refractivity contribution in [1.82, 2.24) is 0 Å². The van der Waals surface area contributed by atoms with Gasteiger partial charge in [-0.05, 0) is 19.3 Å². The van der Waals surface area contributed by atoms with Crippen LogP contribution in [0.2, 0.25) is 0 Å². The van der Waals surface area contributed by atoms with Gasteiger partial charge < -0.3 is 5.11 Å². The van der Waals surface area contributed by atoms with E-state index in [-0.39, 0.29) is 0 Å². The normalized spacial score (nSPS) is 11.0. The molecule has 0 atom stereocenters. The Kier molecular flexibility index (Phi) is 20.8. The molecule has 3 heteroatoms. The van der Waals surface area contributed by atoms with Gasteiger partial charge in [0, 0.05) is 19.3 Å². The van der Waals surface area contributed by atoms with E-state index in [4.69, 9.17) is 5.11 Å². The van der Waals surface area contributed by atoms with Crippen LogP contribution in [0.25, 0.3) is 0 Å². The smallest absolute Gasteiger partial charge is 0.303 e. The van der Waals surface area contributed by atoms with Gasteiger partial charge in [-0.2, -0.15) is 0 Å². The van der Waals surface area contributed by atoms with Crippen molar-refractivity contribution in [3.63, 3.8) is 0 Å². The van der Waals surface area contributed by atoms with E-state index >= 15 is 0 Å². The van der Waals surface area contributed by atoms with Crippen molar-refractivity contribution >= 4 is 11.8 Å². The van der Waals surface area contributed by atoms with E-state index < -0.39 is 5.97 Å². The molecule has 0 unspecified atom stereocenters. The predicted molar refractivity (Wildman–Crippen MR) is 115 cm³/mol. The first-order valence-electron chi connectivity index (χ1n) is 11.9. The maximum Gasteiger partial charge on any atom is 0.303 e. The number of carbonyl (C=O) groups is 2. The number of hydrogen-bond donors (Lipinski definition) is 1. The van der Waals surface area contributed by atoms with Crippen LogP contribution in [-0.4, -0.2) is 16.9 Å². The fourth-order valence-electron chi connectivity index (χ4n) is 3.59. The van der Waals surface area contributed by atoms with Gasteiger partial charge in [-0.3, -0.25) is 9.59 Å². The van der Waals surface area contributed by atoms with Crippen molar-refractivity contribution < 1.29 is 14.7 Å². The zero-order chi connectivity index (χ0) is 20.0. The monoisotopic (exact) mass is 382 g/mol. The summed E-state index contributed by atoms with van der Waals surface area (Å²) < 4.78 is 0. The average Bonchev–Trinajstić information content (AvgIpc) is 2.64. The van der Waals surface area contributed by atoms with Gasteiger partial charge in [0.25, 0.3) is 0 Å². The summed E-state index contributed by atoms with van der Waals surface area (Å²) in [5, 5.41) is 8.57. The second-order valence-corrected chi connectivity index (χ2v) is 8.19. The highest BCUT2D eigenvalue weighted by Gasteiger charge is 2.02. The first kappa shape index (κ1) is 26.1. The van der Waals surface area contributed by atoms with Gasteiger partial charge in [-0.25, -0.2) is 0 Å². The lowest BCUT2D eigenvalue weighted by Gasteiger charge is -2.04. The number of Topliss-reactive ketones (excluding diaryl/α,β-unsaturated/α-hetero) is 1. The summed E-state index contributed by atoms with van der Waals surface area (Å²) in [6, 6.07) is 0. The Labute approximate surface area is 168 Å². The van der Waals surface area contributed by atoms with E-state index in [1.807, 2.05) is 0 Å². The third-order valence-electron chi connectivity index (χ3n) is 5.41. The van der Waals surface area contributed by atoms with Crippen LogP contribution in [0.15, 0.2) is 0 Å². The van der Waals surface area contributed by atoms with Crippen LogP contribution in [0.5, 0.6) is 0 Å². The quantitative estimate of drug-likeness (QED) is 0.194. The Bertz CT molecular complexity index is 339. The molecule has 0 spiro atoms. The van der Waals surface area contributed by atoms with E-state index in [2.05, 4.69) is 6.92 Å². The van der Waals surface area contributed by atoms with Gasteiger partial charge in [-0.1, -0.05) is 103 Å². The van der Waals surface area contributed by atoms with Crippen molar-refractivity contribution in [3.8, 4) is 0 Å². The fraction of sp³-hybridized carbons (Fsp3) is 0.917. The highest BCUT2D eigenvalue weighted by molar-refractivity contribution is 5.78. The third-order valence-corrected chi connectivity index (χ3v) is 5.41. The first-order chi connectivity index (χ1) is 13.2. The fourth-order valence-corrected chi connectivity index (χ4v) is 3.59. The Morgan fingerprint density at radius 3 is 1.11 bits per heavy atom. The van der Waals surface area contributed by atoms with Crippen LogP contribution in [0, 0.1) is 0 Å². The summed E-state index contributed by atoms with van der Waals surface area (Å²) in [6.07, 6.45) is 23.9. The minimum absolute atomic E-state index is 0.317. The van der Waals surface area contributed by atoms with Gasteiger partial charge in [-0.15, -0.1) is 0 Å². The average molecular weight is 383 g/mol. The number of ketones is 1. The molecule has 0 heterocycles. The molecule has 0 saturated carbocycles. The molecule has 3 nitrogen and oxygen atoms in total. The first-order valence-corrected chi connectivity index (χ1v) is 11.9. The number of carboxylic acids is 1. The van der Waals surface area contributed by atoms with E-state index in [0.29, 0.717) is 12.2 Å². The van der Waals surface area contributed by atoms with Crippen LogP contribution >= 0.6 is 0 Å². The van der Waals surface area contributed by atoms with Crippen molar-refractivity contribution in [1.29, 1.82) is 0 Å². The summed E-state index contributed by atoms with van der Waals surface area (Å²) >= 11 is 0. The molecule has 0 aromatic rings. The second-order valence-electron chi connectivity index (χ2n) is 8.19. The van der Waals surface area contributed by atoms with Gasteiger partial charge in [0.15, 0.2) is 0 Å². The molecule has 0 aliphatic rings. The highest BCUT2D eigenvalue weighted by Crippen LogP contribution is 2.14. The topological polar surface area (TPSA) is 54.4 Å². The molecule has 0 aromatic heterocycles. The van der Waals surface area contributed by atoms with Gasteiger partial charge in [0.2, 0.25) is 0 Å². The summed E-state index contributed by atoms with van der Waals surface area (Å²) in [7, 11) is 0. The van der Waals surface area contributed by atoms with Crippen LogP contribution in [0.1, 0.15) is 142 Å². The molecule has 0 aliphatic heterocycles. The Morgan fingerprint density at radius 2 is 0.778 bits per heavy atom. The van der Waals surface area contributed by atoms with Crippen molar-refractivity contribution in [2.45, 2.75) is 142 Å². The minimum atomic E-state index is -0.675. The zero-order valence-electron chi connectivity index (χ0n) is 18.1. The van der Waals surface area contributed by atoms with E-state index in [9.17, 15) is 9.59 Å². The van der Waals surface area contributed by atoms with Crippen LogP contribution in [0.4, 0.5) is 0 Å². The number of carboxylic acid groups (broad SMARTS) is 1. The molecule has 1 N–H and O–H groups in total. The lowest BCUT2D eigenvalue weighted by molar-refractivity contribution is -0.137. The van der Waals surface area contributed by atoms with E-state index in [1.54, 1.807) is 0 Å². The van der Waals surface area contributed by atoms with Crippen LogP contribution in [-0.2, 0) is 9.59 Å². The molecule has 27 heavy (non-hydrogen) atoms. The zero-order valence-corrected chi connectivity index (χ0v) is 18.1. The number of carbonyl (C=O) groups excluding carboxylic acids is 1. The number of aliphatic carboxylic acids is 1. The van der Waals surface area contributed by atoms with Crippen LogP contribution < -0.4 is 0 Å². The molecule has 0 rings (SSSR count). The van der Waals surface area contributed by atoms with Crippen molar-refractivity contribution in [2.75, 3.05) is 0 Å². The molecule has 0 fully saturated rings. The summed E-state index contributed by atoms with van der Waals surface area (Å²) in [5.41, 5.74) is 0. The highest BCUT2D eigenvalue weighted by atomic mass is 16.4. The molecule has 0 aliphatic carbocycles. The summed E-state index contributed by atoms with van der Waals surface area (Å²) in [5.74, 6) is -0.200. The lowest BCUT2D eigenvalue weighted by Crippen LogP contribution is -1.97. The maximum absolute atomic E-state index is 11.9. The Balaban J connectivity index is 3.15. The largest absolute Gasteiger partial charge is 0.481 e. The predicted octanol–water partition coefficient (Wildman–Crippen LogP) is 7.85. The molecule has 0 radical (unpaired) electrons. The van der Waals surface area contributed by atoms with Gasteiger partial charge >= 0.3 is 5.97 Å². The molecular formula is C24H46O3. The van der Waals surface area contributed by atoms with Gasteiger partial charge in [0.1, 0.15) is 5.78 Å². The molecular weight excluding hydrogens is 336 g/mol. The standard InChI is InChI=1S/C24H46O3/c1-2-3-4-5-6-11-14-17-20-23(25)21-18-15-12-9-7-8-10-13-16-19-22-24(26)27/h2-22H2,1H3,(H,26,27). The molecule has 0 amide bonds. The third kappa shape index (κ3) is 23.1. The molecule has 0 saturated heterocycles. The van der Waals surface area contributed by atoms with Crippen molar-refractivity contribution in [2.24, 2.45) is 0 Å². The van der Waals surface area contributed by atoms with Crippen molar-refractivity contribution in [3.05, 3.63) is 0 Å². The minimum Gasteiger partial charge on any atom is -0.481 e. The number of hydrogen-bond acceptors (Lipinski definition) is 2. The van der Waals surface area contributed by atoms with E-state index in [1.165, 1.54) is 89.9 Å². The maximum atomic E-state index is 11.9. The van der Waals surface area contributed by atoms with Crippen LogP contribution in [0.3, 0.4) is 0 Å². The SMILES string of the molecule is CCCCCCCCCCC(=O)CCCCCCCCCCCCC(=O)O. The van der Waals surface area contributed by atoms with E-state index in [0.717, 1.165) is 38.5 Å². The number of unbranched alkanes of at least 4 members (excludes halogenated alkanes) is 16. The summed E-state index contributed by atoms with van der Waals surface area (Å²) in [6.45, 7) is 2.25. The lowest BCUT2D eigenvalue weighted by atomic mass is 10.0. The molecule has 160 valence electrons. The van der Waals surface area contributed by atoms with Gasteiger partial charge in [0.05, 0.1) is 0 Å². The Morgan fingerprint density at radius 1 is 0.481 bits per heavy atom. The summed E-state index contributed by atoms with van der Waals surface area (Å²) in [4.78, 5) is 22.3. The molecule has 0 bridgehead atoms.